The molecule has 0 fully saturated rings. The number of hydrogen-bond acceptors (Lipinski definition) is 6. The number of rotatable bonds is 6. The zero-order valence-electron chi connectivity index (χ0n) is 9.93. The van der Waals surface area contributed by atoms with Crippen molar-refractivity contribution >= 4 is 27.3 Å². The van der Waals surface area contributed by atoms with Crippen LogP contribution in [-0.4, -0.2) is 23.9 Å². The van der Waals surface area contributed by atoms with E-state index < -0.39 is 0 Å². The average Bonchev–Trinajstić information content (AvgIpc) is 2.97. The van der Waals surface area contributed by atoms with E-state index in [0.717, 1.165) is 21.5 Å². The molecule has 1 atom stereocenters. The molecule has 0 spiro atoms. The summed E-state index contributed by atoms with van der Waals surface area (Å²) in [5, 5.41) is 3.94. The largest absolute Gasteiger partial charge is 0.385 e. The maximum absolute atomic E-state index is 5.97. The molecule has 0 aromatic carbocycles. The van der Waals surface area contributed by atoms with Crippen LogP contribution in [0.5, 0.6) is 0 Å². The Balaban J connectivity index is 2.01. The number of hydrogen-bond donors (Lipinski definition) is 1. The molecular formula is C11H14BrN3O2S. The van der Waals surface area contributed by atoms with Crippen LogP contribution >= 0.6 is 27.3 Å². The van der Waals surface area contributed by atoms with E-state index >= 15 is 0 Å². The molecular weight excluding hydrogens is 318 g/mol. The minimum atomic E-state index is -0.232. The third kappa shape index (κ3) is 3.38. The number of thiophene rings is 1. The fraction of sp³-hybridized carbons (Fsp3) is 0.455. The summed E-state index contributed by atoms with van der Waals surface area (Å²) < 4.78 is 11.2. The van der Waals surface area contributed by atoms with E-state index in [1.54, 1.807) is 18.4 Å². The summed E-state index contributed by atoms with van der Waals surface area (Å²) in [6, 6.07) is 3.67. The van der Waals surface area contributed by atoms with Gasteiger partial charge in [-0.05, 0) is 40.9 Å². The molecule has 0 aliphatic carbocycles. The van der Waals surface area contributed by atoms with Gasteiger partial charge in [0.05, 0.1) is 14.7 Å². The summed E-state index contributed by atoms with van der Waals surface area (Å²) in [5.74, 6) is 1.06. The molecule has 7 heteroatoms. The molecule has 98 valence electrons. The molecule has 2 aromatic heterocycles. The molecule has 0 aliphatic heterocycles. The zero-order chi connectivity index (χ0) is 13.0. The van der Waals surface area contributed by atoms with Crippen LogP contribution in [0.4, 0.5) is 0 Å². The first-order valence-corrected chi connectivity index (χ1v) is 7.15. The highest BCUT2D eigenvalue weighted by atomic mass is 79.9. The van der Waals surface area contributed by atoms with Crippen LogP contribution in [0.3, 0.4) is 0 Å². The van der Waals surface area contributed by atoms with Crippen molar-refractivity contribution in [2.24, 2.45) is 5.73 Å². The van der Waals surface area contributed by atoms with Crippen molar-refractivity contribution in [3.63, 3.8) is 0 Å². The second-order valence-corrected chi connectivity index (χ2v) is 6.26. The van der Waals surface area contributed by atoms with Gasteiger partial charge in [0.1, 0.15) is 0 Å². The van der Waals surface area contributed by atoms with Crippen molar-refractivity contribution in [1.82, 2.24) is 10.1 Å². The van der Waals surface area contributed by atoms with E-state index in [1.165, 1.54) is 0 Å². The molecule has 2 heterocycles. The number of nitrogens with zero attached hydrogens (tertiary/aromatic N) is 2. The van der Waals surface area contributed by atoms with Gasteiger partial charge >= 0.3 is 0 Å². The van der Waals surface area contributed by atoms with Gasteiger partial charge in [0.2, 0.25) is 11.7 Å². The molecule has 18 heavy (non-hydrogen) atoms. The number of aromatic nitrogens is 2. The molecule has 0 amide bonds. The van der Waals surface area contributed by atoms with E-state index in [1.807, 2.05) is 12.1 Å². The maximum Gasteiger partial charge on any atom is 0.243 e. The Labute approximate surface area is 117 Å². The van der Waals surface area contributed by atoms with Gasteiger partial charge in [-0.25, -0.2) is 0 Å². The molecule has 2 N–H and O–H groups in total. The Kier molecular flexibility index (Phi) is 4.87. The second-order valence-electron chi connectivity index (χ2n) is 3.80. The third-order valence-electron chi connectivity index (χ3n) is 2.42. The number of nitrogens with two attached hydrogens (primary N) is 1. The van der Waals surface area contributed by atoms with Crippen molar-refractivity contribution in [2.45, 2.75) is 18.9 Å². The van der Waals surface area contributed by atoms with Gasteiger partial charge in [-0.2, -0.15) is 4.98 Å². The average molecular weight is 332 g/mol. The Bertz CT molecular complexity index is 500. The summed E-state index contributed by atoms with van der Waals surface area (Å²) in [6.07, 6.45) is 1.64. The van der Waals surface area contributed by atoms with E-state index in [4.69, 9.17) is 15.0 Å². The standard InChI is InChI=1S/C11H14BrN3O2S/c1-16-6-2-3-7(13)11-14-10(15-17-11)8-4-5-9(12)18-8/h4-5,7H,2-3,6,13H2,1H3. The van der Waals surface area contributed by atoms with Crippen LogP contribution in [0.15, 0.2) is 20.4 Å². The van der Waals surface area contributed by atoms with Crippen molar-refractivity contribution in [1.29, 1.82) is 0 Å². The summed E-state index contributed by atoms with van der Waals surface area (Å²) in [5.41, 5.74) is 5.97. The predicted octanol–water partition coefficient (Wildman–Crippen LogP) is 2.99. The Hall–Kier alpha value is -0.760. The molecule has 0 saturated carbocycles. The number of methoxy groups -OCH3 is 1. The quantitative estimate of drug-likeness (QED) is 0.823. The number of halogens is 1. The lowest BCUT2D eigenvalue weighted by atomic mass is 10.2. The van der Waals surface area contributed by atoms with E-state index in [0.29, 0.717) is 18.3 Å². The molecule has 0 bridgehead atoms. The SMILES string of the molecule is COCCCC(N)c1nc(-c2ccc(Br)s2)no1. The first kappa shape index (κ1) is 13.7. The smallest absolute Gasteiger partial charge is 0.243 e. The summed E-state index contributed by atoms with van der Waals surface area (Å²) in [4.78, 5) is 5.28. The highest BCUT2D eigenvalue weighted by Crippen LogP contribution is 2.30. The summed E-state index contributed by atoms with van der Waals surface area (Å²) in [6.45, 7) is 0.687. The van der Waals surface area contributed by atoms with Crippen LogP contribution in [0.2, 0.25) is 0 Å². The van der Waals surface area contributed by atoms with E-state index in [-0.39, 0.29) is 6.04 Å². The Morgan fingerprint density at radius 1 is 1.56 bits per heavy atom. The highest BCUT2D eigenvalue weighted by molar-refractivity contribution is 9.11. The molecule has 1 unspecified atom stereocenters. The summed E-state index contributed by atoms with van der Waals surface area (Å²) in [7, 11) is 1.67. The predicted molar refractivity (Wildman–Crippen MR) is 73.3 cm³/mol. The van der Waals surface area contributed by atoms with Gasteiger partial charge < -0.3 is 15.0 Å². The fourth-order valence-electron chi connectivity index (χ4n) is 1.49. The summed E-state index contributed by atoms with van der Waals surface area (Å²) >= 11 is 4.96. The lowest BCUT2D eigenvalue weighted by Crippen LogP contribution is -2.11. The van der Waals surface area contributed by atoms with Gasteiger partial charge in [-0.15, -0.1) is 11.3 Å². The van der Waals surface area contributed by atoms with Gasteiger partial charge in [-0.1, -0.05) is 5.16 Å². The van der Waals surface area contributed by atoms with Crippen LogP contribution in [-0.2, 0) is 4.74 Å². The first-order valence-electron chi connectivity index (χ1n) is 5.54. The topological polar surface area (TPSA) is 74.2 Å². The zero-order valence-corrected chi connectivity index (χ0v) is 12.3. The van der Waals surface area contributed by atoms with Gasteiger partial charge in [0.25, 0.3) is 0 Å². The lowest BCUT2D eigenvalue weighted by molar-refractivity contribution is 0.188. The van der Waals surface area contributed by atoms with Crippen molar-refractivity contribution in [2.75, 3.05) is 13.7 Å². The van der Waals surface area contributed by atoms with Crippen LogP contribution < -0.4 is 5.73 Å². The molecule has 0 radical (unpaired) electrons. The minimum Gasteiger partial charge on any atom is -0.385 e. The molecule has 2 rings (SSSR count). The molecule has 0 aliphatic rings. The second kappa shape index (κ2) is 6.42. The van der Waals surface area contributed by atoms with Crippen molar-refractivity contribution in [3.8, 4) is 10.7 Å². The van der Waals surface area contributed by atoms with E-state index in [9.17, 15) is 0 Å². The monoisotopic (exact) mass is 331 g/mol. The van der Waals surface area contributed by atoms with Crippen LogP contribution in [0.25, 0.3) is 10.7 Å². The molecule has 5 nitrogen and oxygen atoms in total. The van der Waals surface area contributed by atoms with Gasteiger partial charge in [0, 0.05) is 13.7 Å². The van der Waals surface area contributed by atoms with Gasteiger partial charge in [0.15, 0.2) is 0 Å². The fourth-order valence-corrected chi connectivity index (χ4v) is 2.80. The minimum absolute atomic E-state index is 0.232. The molecule has 0 saturated heterocycles. The van der Waals surface area contributed by atoms with Crippen molar-refractivity contribution in [3.05, 3.63) is 21.8 Å². The molecule has 2 aromatic rings. The van der Waals surface area contributed by atoms with Crippen molar-refractivity contribution < 1.29 is 9.26 Å². The third-order valence-corrected chi connectivity index (χ3v) is 4.04. The maximum atomic E-state index is 5.97. The highest BCUT2D eigenvalue weighted by Gasteiger charge is 2.16. The van der Waals surface area contributed by atoms with E-state index in [2.05, 4.69) is 26.1 Å². The number of ether oxygens (including phenoxy) is 1. The normalized spacial score (nSPS) is 12.8. The van der Waals surface area contributed by atoms with Crippen LogP contribution in [0.1, 0.15) is 24.8 Å². The first-order chi connectivity index (χ1) is 8.70. The lowest BCUT2D eigenvalue weighted by Gasteiger charge is -2.04. The van der Waals surface area contributed by atoms with Crippen LogP contribution in [0, 0.1) is 0 Å². The Morgan fingerprint density at radius 2 is 2.39 bits per heavy atom. The van der Waals surface area contributed by atoms with Gasteiger partial charge in [-0.3, -0.25) is 0 Å². The Morgan fingerprint density at radius 3 is 3.06 bits per heavy atom.